The first-order valence-corrected chi connectivity index (χ1v) is 36.1. The smallest absolute Gasteiger partial charge is 0.419 e. The molecule has 588 valence electrons. The molecule has 0 aliphatic carbocycles. The van der Waals surface area contributed by atoms with E-state index in [-0.39, 0.29) is 116 Å². The molecule has 15 rings (SSSR count). The van der Waals surface area contributed by atoms with Crippen molar-refractivity contribution in [3.8, 4) is 11.5 Å². The minimum atomic E-state index is -0.483. The average molecular weight is 1570 g/mol. The number of aryl methyl sites for hydroxylation is 1. The van der Waals surface area contributed by atoms with E-state index in [4.69, 9.17) is 13.9 Å². The number of carbonyl (C=O) groups excluding carboxylic acids is 11. The zero-order valence-electron chi connectivity index (χ0n) is 63.2. The van der Waals surface area contributed by atoms with Gasteiger partial charge in [0, 0.05) is 134 Å². The van der Waals surface area contributed by atoms with Crippen LogP contribution in [0.5, 0.6) is 11.5 Å². The maximum Gasteiger partial charge on any atom is 0.419 e. The first-order chi connectivity index (χ1) is 55.9. The lowest BCUT2D eigenvalue weighted by molar-refractivity contribution is -0.119. The van der Waals surface area contributed by atoms with Crippen molar-refractivity contribution >= 4 is 104 Å². The summed E-state index contributed by atoms with van der Waals surface area (Å²) in [6, 6.07) is 45.6. The SMILES string of the molecule is CCC(=O)c1ccc(CNC(=O)c2cc(C(=O)NCc3ccc4c(c3)NC(=O)CO4)nc3ccnn23)cc1.CN(C)C(=O)c1ccc(CNC(=O)c2cc(C(=O)NCc3ccc4c(c3)NC(=O)CO4)nc3ccnn23)cc1.CN(C)C(=O)c1cccc(CNC(=O)c2cc(C(=O)NCc3ccc4oc(=O)n(C)c4c3)nc3ccnn23)c1. The van der Waals surface area contributed by atoms with Gasteiger partial charge in [0.2, 0.25) is 0 Å². The van der Waals surface area contributed by atoms with E-state index in [1.807, 2.05) is 0 Å². The lowest BCUT2D eigenvalue weighted by atomic mass is 10.1. The van der Waals surface area contributed by atoms with Crippen LogP contribution in [0, 0.1) is 0 Å². The quantitative estimate of drug-likeness (QED) is 0.0368. The second-order valence-corrected chi connectivity index (χ2v) is 26.8. The molecule has 7 aromatic heterocycles. The molecule has 0 fully saturated rings. The molecule has 35 heteroatoms. The normalized spacial score (nSPS) is 11.8. The molecule has 8 N–H and O–H groups in total. The highest BCUT2D eigenvalue weighted by atomic mass is 16.5. The third-order valence-corrected chi connectivity index (χ3v) is 18.2. The van der Waals surface area contributed by atoms with Gasteiger partial charge in [-0.3, -0.25) is 57.3 Å². The van der Waals surface area contributed by atoms with Gasteiger partial charge in [-0.1, -0.05) is 73.7 Å². The van der Waals surface area contributed by atoms with Gasteiger partial charge in [0.15, 0.2) is 41.5 Å². The molecule has 0 unspecified atom stereocenters. The van der Waals surface area contributed by atoms with E-state index in [0.29, 0.717) is 74.0 Å². The zero-order chi connectivity index (χ0) is 81.8. The Hall–Kier alpha value is -15.6. The van der Waals surface area contributed by atoms with Gasteiger partial charge in [-0.05, 0) is 94.0 Å². The van der Waals surface area contributed by atoms with Crippen LogP contribution in [0.15, 0.2) is 192 Å². The van der Waals surface area contributed by atoms with Crippen LogP contribution in [0.2, 0.25) is 0 Å². The molecule has 35 nitrogen and oxygen atoms in total. The summed E-state index contributed by atoms with van der Waals surface area (Å²) in [7, 11) is 8.31. The monoisotopic (exact) mass is 1570 g/mol. The summed E-state index contributed by atoms with van der Waals surface area (Å²) in [6.07, 6.45) is 4.90. The first kappa shape index (κ1) is 78.5. The molecule has 9 heterocycles. The highest BCUT2D eigenvalue weighted by molar-refractivity contribution is 6.02. The minimum absolute atomic E-state index is 0.0337. The van der Waals surface area contributed by atoms with Gasteiger partial charge in [-0.25, -0.2) is 33.3 Å². The second kappa shape index (κ2) is 34.8. The molecule has 0 saturated heterocycles. The number of rotatable bonds is 22. The minimum Gasteiger partial charge on any atom is -0.482 e. The molecule has 2 aliphatic heterocycles. The Bertz CT molecular complexity index is 6120. The van der Waals surface area contributed by atoms with Crippen molar-refractivity contribution in [2.24, 2.45) is 7.05 Å². The third-order valence-electron chi connectivity index (χ3n) is 18.2. The summed E-state index contributed by atoms with van der Waals surface area (Å²) >= 11 is 0. The molecular formula is C81H74N20O15. The average Bonchev–Trinajstić information content (AvgIpc) is 1.56. The van der Waals surface area contributed by atoms with Crippen LogP contribution in [-0.2, 0) is 55.9 Å². The van der Waals surface area contributed by atoms with E-state index < -0.39 is 41.2 Å². The molecule has 10 amide bonds. The number of fused-ring (bicyclic) bond motifs is 6. The lowest BCUT2D eigenvalue weighted by Gasteiger charge is -2.18. The van der Waals surface area contributed by atoms with Crippen LogP contribution < -0.4 is 57.8 Å². The van der Waals surface area contributed by atoms with Crippen molar-refractivity contribution in [1.29, 1.82) is 0 Å². The van der Waals surface area contributed by atoms with Crippen molar-refractivity contribution < 1.29 is 66.6 Å². The molecule has 0 saturated carbocycles. The van der Waals surface area contributed by atoms with E-state index in [1.54, 1.807) is 188 Å². The van der Waals surface area contributed by atoms with Gasteiger partial charge in [0.1, 0.15) is 45.7 Å². The van der Waals surface area contributed by atoms with Crippen LogP contribution in [0.4, 0.5) is 11.4 Å². The summed E-state index contributed by atoms with van der Waals surface area (Å²) < 4.78 is 21.3. The second-order valence-electron chi connectivity index (χ2n) is 26.8. The van der Waals surface area contributed by atoms with E-state index in [9.17, 15) is 57.5 Å². The van der Waals surface area contributed by atoms with E-state index in [1.165, 1.54) is 64.7 Å². The molecule has 13 aromatic rings. The topological polar surface area (TPSA) is 435 Å². The van der Waals surface area contributed by atoms with Gasteiger partial charge in [0.05, 0.1) is 35.5 Å². The molecule has 0 atom stereocenters. The predicted octanol–water partition coefficient (Wildman–Crippen LogP) is 5.87. The molecule has 2 aliphatic rings. The summed E-state index contributed by atoms with van der Waals surface area (Å²) in [6.45, 7) is 2.85. The van der Waals surface area contributed by atoms with Crippen molar-refractivity contribution in [1.82, 2.24) is 90.1 Å². The predicted molar refractivity (Wildman–Crippen MR) is 419 cm³/mol. The summed E-state index contributed by atoms with van der Waals surface area (Å²) in [5.74, 6) is -2.81. The number of ether oxygens (including phenoxy) is 2. The number of hydrogen-bond acceptors (Lipinski definition) is 21. The molecule has 116 heavy (non-hydrogen) atoms. The van der Waals surface area contributed by atoms with Gasteiger partial charge < -0.3 is 66.2 Å². The third kappa shape index (κ3) is 18.4. The Morgan fingerprint density at radius 1 is 0.414 bits per heavy atom. The van der Waals surface area contributed by atoms with Crippen molar-refractivity contribution in [2.45, 2.75) is 52.6 Å². The lowest BCUT2D eigenvalue weighted by Crippen LogP contribution is -2.28. The number of nitrogens with zero attached hydrogens (tertiary/aromatic N) is 12. The number of benzene rings is 6. The number of ketones is 1. The fourth-order valence-corrected chi connectivity index (χ4v) is 12.1. The number of aromatic nitrogens is 10. The molecule has 0 radical (unpaired) electrons. The fourth-order valence-electron chi connectivity index (χ4n) is 12.1. The number of anilines is 2. The van der Waals surface area contributed by atoms with Gasteiger partial charge in [-0.15, -0.1) is 0 Å². The Morgan fingerprint density at radius 3 is 1.21 bits per heavy atom. The highest BCUT2D eigenvalue weighted by Gasteiger charge is 2.25. The Kier molecular flexibility index (Phi) is 23.5. The zero-order valence-corrected chi connectivity index (χ0v) is 63.2. The van der Waals surface area contributed by atoms with Crippen LogP contribution in [0.1, 0.15) is 141 Å². The maximum atomic E-state index is 13.1. The fraction of sp³-hybridized carbons (Fsp3) is 0.185. The van der Waals surface area contributed by atoms with Crippen LogP contribution in [0.3, 0.4) is 0 Å². The number of oxazole rings is 1. The Labute approximate surface area is 658 Å². The molecule has 0 bridgehead atoms. The number of amides is 10. The summed E-state index contributed by atoms with van der Waals surface area (Å²) in [4.78, 5) is 165. The number of nitrogens with one attached hydrogen (secondary N) is 8. The molecule has 6 aromatic carbocycles. The van der Waals surface area contributed by atoms with Gasteiger partial charge >= 0.3 is 5.76 Å². The molecular weight excluding hydrogens is 1490 g/mol. The van der Waals surface area contributed by atoms with E-state index in [2.05, 4.69) is 72.8 Å². The maximum absolute atomic E-state index is 13.1. The summed E-state index contributed by atoms with van der Waals surface area (Å²) in [5, 5.41) is 34.8. The van der Waals surface area contributed by atoms with Crippen LogP contribution in [0.25, 0.3) is 28.0 Å². The Balaban J connectivity index is 0.000000151. The van der Waals surface area contributed by atoms with Crippen molar-refractivity contribution in [3.05, 3.63) is 277 Å². The van der Waals surface area contributed by atoms with E-state index >= 15 is 0 Å². The van der Waals surface area contributed by atoms with Gasteiger partial charge in [-0.2, -0.15) is 15.3 Å². The first-order valence-electron chi connectivity index (χ1n) is 36.1. The highest BCUT2D eigenvalue weighted by Crippen LogP contribution is 2.30. The Morgan fingerprint density at radius 2 is 0.784 bits per heavy atom. The number of carbonyl (C=O) groups is 11. The van der Waals surface area contributed by atoms with E-state index in [0.717, 1.165) is 33.4 Å². The standard InChI is InChI=1S/2C27H25N7O5.C27H24N6O5/c1-33(2)27(38)18-6-3-16(4-7-18)13-29-26(37)21-12-20(31-23-9-10-30-34(21)23)25(36)28-14-17-5-8-22-19(11-17)32-24(35)15-39-22;1-32(2)26(37)18-6-4-5-16(11-18)14-29-25(36)21-13-19(31-23-9-10-30-34(21)23)24(35)28-15-17-7-8-22-20(12-17)33(3)27(38)39-22;1-2-22(34)18-6-3-16(4-7-18)13-29-27(37)21-12-20(31-24-9-10-30-33(21)24)26(36)28-14-17-5-8-23-19(11-17)32-25(35)15-38-23/h3-12H,13-15H2,1-2H3,(H,28,36)(H,29,37)(H,32,35);4-13H,14-15H2,1-3H3,(H,28,35)(H,29,36);3-12H,2,13-15H2,1H3,(H,28,36)(H,29,37)(H,32,35). The van der Waals surface area contributed by atoms with Crippen molar-refractivity contribution in [2.75, 3.05) is 52.0 Å². The van der Waals surface area contributed by atoms with Gasteiger partial charge in [0.25, 0.3) is 59.1 Å². The van der Waals surface area contributed by atoms with Crippen LogP contribution in [-0.4, -0.2) is 164 Å². The number of Topliss-reactive ketones (excluding diaryl/α,β-unsaturated/α-hetero) is 1. The largest absolute Gasteiger partial charge is 0.482 e. The summed E-state index contributed by atoms with van der Waals surface area (Å²) in [5.41, 5.74) is 10.0. The van der Waals surface area contributed by atoms with Crippen molar-refractivity contribution in [3.63, 3.8) is 0 Å². The van der Waals surface area contributed by atoms with Crippen LogP contribution >= 0.6 is 0 Å². The number of hydrogen-bond donors (Lipinski definition) is 8. The molecule has 0 spiro atoms.